The summed E-state index contributed by atoms with van der Waals surface area (Å²) >= 11 is 1.53. The van der Waals surface area contributed by atoms with Crippen molar-refractivity contribution in [3.8, 4) is 10.4 Å². The second kappa shape index (κ2) is 7.23. The Morgan fingerprint density at radius 3 is 2.70 bits per heavy atom. The van der Waals surface area contributed by atoms with Crippen LogP contribution in [0.15, 0.2) is 35.7 Å². The van der Waals surface area contributed by atoms with Gasteiger partial charge in [0.25, 0.3) is 0 Å². The first-order chi connectivity index (χ1) is 11.1. The van der Waals surface area contributed by atoms with Crippen LogP contribution in [0, 0.1) is 11.7 Å². The summed E-state index contributed by atoms with van der Waals surface area (Å²) in [5.41, 5.74) is 1.70. The quantitative estimate of drug-likeness (QED) is 0.858. The van der Waals surface area contributed by atoms with Crippen molar-refractivity contribution in [2.24, 2.45) is 5.92 Å². The zero-order valence-corrected chi connectivity index (χ0v) is 13.6. The van der Waals surface area contributed by atoms with Gasteiger partial charge >= 0.3 is 5.97 Å². The van der Waals surface area contributed by atoms with E-state index in [0.717, 1.165) is 36.1 Å². The fraction of sp³-hybridized carbons (Fsp3) is 0.389. The normalized spacial score (nSPS) is 21.3. The fourth-order valence-corrected chi connectivity index (χ4v) is 3.85. The minimum Gasteiger partial charge on any atom is -0.481 e. The fourth-order valence-electron chi connectivity index (χ4n) is 3.11. The Morgan fingerprint density at radius 1 is 1.26 bits per heavy atom. The maximum atomic E-state index is 14.0. The number of carbonyl (C=O) groups is 1. The van der Waals surface area contributed by atoms with Gasteiger partial charge in [-0.1, -0.05) is 12.1 Å². The Balaban J connectivity index is 1.59. The van der Waals surface area contributed by atoms with E-state index in [4.69, 9.17) is 5.11 Å². The molecule has 3 rings (SSSR count). The molecule has 0 spiro atoms. The molecule has 0 bridgehead atoms. The lowest BCUT2D eigenvalue weighted by Crippen LogP contribution is -2.34. The van der Waals surface area contributed by atoms with E-state index in [2.05, 4.69) is 5.32 Å². The maximum absolute atomic E-state index is 14.0. The number of carboxylic acid groups (broad SMARTS) is 1. The van der Waals surface area contributed by atoms with Crippen LogP contribution < -0.4 is 5.32 Å². The summed E-state index contributed by atoms with van der Waals surface area (Å²) in [5, 5.41) is 14.4. The number of carboxylic acids is 1. The first kappa shape index (κ1) is 16.1. The number of aliphatic carboxylic acids is 1. The van der Waals surface area contributed by atoms with Crippen molar-refractivity contribution in [1.29, 1.82) is 0 Å². The summed E-state index contributed by atoms with van der Waals surface area (Å²) in [5.74, 6) is -1.06. The van der Waals surface area contributed by atoms with Crippen LogP contribution in [0.4, 0.5) is 4.39 Å². The molecule has 0 radical (unpaired) electrons. The second-order valence-electron chi connectivity index (χ2n) is 6.06. The smallest absolute Gasteiger partial charge is 0.306 e. The highest BCUT2D eigenvalue weighted by Crippen LogP contribution is 2.29. The minimum atomic E-state index is -0.678. The van der Waals surface area contributed by atoms with Gasteiger partial charge in [-0.3, -0.25) is 4.79 Å². The average Bonchev–Trinajstić information content (AvgIpc) is 3.08. The van der Waals surface area contributed by atoms with E-state index in [9.17, 15) is 9.18 Å². The molecule has 0 atom stereocenters. The van der Waals surface area contributed by atoms with Crippen LogP contribution in [0.25, 0.3) is 10.4 Å². The largest absolute Gasteiger partial charge is 0.481 e. The Bertz CT molecular complexity index is 664. The Hall–Kier alpha value is -1.72. The Labute approximate surface area is 139 Å². The molecule has 1 aliphatic rings. The molecule has 0 unspecified atom stereocenters. The van der Waals surface area contributed by atoms with Crippen molar-refractivity contribution >= 4 is 17.3 Å². The highest BCUT2D eigenvalue weighted by atomic mass is 32.1. The van der Waals surface area contributed by atoms with Crippen molar-refractivity contribution in [3.05, 3.63) is 47.1 Å². The summed E-state index contributed by atoms with van der Waals surface area (Å²) in [7, 11) is 0. The van der Waals surface area contributed by atoms with Crippen LogP contribution in [0.1, 0.15) is 31.2 Å². The van der Waals surface area contributed by atoms with E-state index in [-0.39, 0.29) is 11.7 Å². The van der Waals surface area contributed by atoms with Gasteiger partial charge in [-0.05, 0) is 54.8 Å². The Kier molecular flexibility index (Phi) is 5.08. The van der Waals surface area contributed by atoms with Gasteiger partial charge in [0.05, 0.1) is 5.92 Å². The molecule has 2 aromatic rings. The first-order valence-electron chi connectivity index (χ1n) is 7.92. The topological polar surface area (TPSA) is 49.3 Å². The molecule has 0 amide bonds. The minimum absolute atomic E-state index is 0.190. The molecule has 1 aromatic heterocycles. The van der Waals surface area contributed by atoms with Gasteiger partial charge in [-0.25, -0.2) is 4.39 Å². The SMILES string of the molecule is O=C(O)C1CCC(NCc2ccc(F)c(-c3cccs3)c2)CC1. The number of halogens is 1. The van der Waals surface area contributed by atoms with Crippen molar-refractivity contribution in [2.75, 3.05) is 0 Å². The summed E-state index contributed by atoms with van der Waals surface area (Å²) in [6, 6.07) is 9.42. The molecule has 1 saturated carbocycles. The number of benzene rings is 1. The third-order valence-electron chi connectivity index (χ3n) is 4.49. The molecule has 122 valence electrons. The van der Waals surface area contributed by atoms with E-state index in [1.54, 1.807) is 0 Å². The highest BCUT2D eigenvalue weighted by Gasteiger charge is 2.25. The number of thiophene rings is 1. The highest BCUT2D eigenvalue weighted by molar-refractivity contribution is 7.13. The summed E-state index contributed by atoms with van der Waals surface area (Å²) in [6.07, 6.45) is 3.24. The standard InChI is InChI=1S/C18H20FNO2S/c19-16-8-3-12(10-15(16)17-2-1-9-23-17)11-20-14-6-4-13(5-7-14)18(21)22/h1-3,8-10,13-14,20H,4-7,11H2,(H,21,22). The van der Waals surface area contributed by atoms with Crippen LogP contribution in [-0.2, 0) is 11.3 Å². The number of hydrogen-bond donors (Lipinski definition) is 2. The molecule has 2 N–H and O–H groups in total. The lowest BCUT2D eigenvalue weighted by atomic mass is 9.86. The van der Waals surface area contributed by atoms with Crippen molar-refractivity contribution in [1.82, 2.24) is 5.32 Å². The van der Waals surface area contributed by atoms with Crippen LogP contribution in [0.3, 0.4) is 0 Å². The molecule has 1 aromatic carbocycles. The lowest BCUT2D eigenvalue weighted by Gasteiger charge is -2.27. The number of nitrogens with one attached hydrogen (secondary N) is 1. The van der Waals surface area contributed by atoms with Gasteiger partial charge in [-0.15, -0.1) is 11.3 Å². The average molecular weight is 333 g/mol. The summed E-state index contributed by atoms with van der Waals surface area (Å²) < 4.78 is 14.0. The maximum Gasteiger partial charge on any atom is 0.306 e. The summed E-state index contributed by atoms with van der Waals surface area (Å²) in [6.45, 7) is 0.682. The zero-order valence-electron chi connectivity index (χ0n) is 12.8. The van der Waals surface area contributed by atoms with Crippen molar-refractivity contribution in [2.45, 2.75) is 38.3 Å². The van der Waals surface area contributed by atoms with Crippen LogP contribution in [-0.4, -0.2) is 17.1 Å². The predicted octanol–water partition coefficient (Wildman–Crippen LogP) is 4.29. The third kappa shape index (κ3) is 3.98. The van der Waals surface area contributed by atoms with Gasteiger partial charge in [0, 0.05) is 23.0 Å². The van der Waals surface area contributed by atoms with Crippen molar-refractivity contribution in [3.63, 3.8) is 0 Å². The Morgan fingerprint density at radius 2 is 2.04 bits per heavy atom. The van der Waals surface area contributed by atoms with E-state index in [1.807, 2.05) is 29.6 Å². The predicted molar refractivity (Wildman–Crippen MR) is 89.9 cm³/mol. The first-order valence-corrected chi connectivity index (χ1v) is 8.80. The van der Waals surface area contributed by atoms with Gasteiger partial charge in [0.1, 0.15) is 5.82 Å². The van der Waals surface area contributed by atoms with Gasteiger partial charge in [0.2, 0.25) is 0 Å². The molecule has 1 aliphatic carbocycles. The molecule has 23 heavy (non-hydrogen) atoms. The van der Waals surface area contributed by atoms with E-state index < -0.39 is 5.97 Å². The summed E-state index contributed by atoms with van der Waals surface area (Å²) in [4.78, 5) is 11.9. The monoisotopic (exact) mass is 333 g/mol. The van der Waals surface area contributed by atoms with E-state index in [0.29, 0.717) is 18.2 Å². The van der Waals surface area contributed by atoms with Gasteiger partial charge in [-0.2, -0.15) is 0 Å². The zero-order chi connectivity index (χ0) is 16.2. The molecule has 1 fully saturated rings. The van der Waals surface area contributed by atoms with Crippen LogP contribution >= 0.6 is 11.3 Å². The third-order valence-corrected chi connectivity index (χ3v) is 5.39. The van der Waals surface area contributed by atoms with Crippen LogP contribution in [0.2, 0.25) is 0 Å². The van der Waals surface area contributed by atoms with Crippen LogP contribution in [0.5, 0.6) is 0 Å². The van der Waals surface area contributed by atoms with Gasteiger partial charge in [0.15, 0.2) is 0 Å². The number of rotatable bonds is 5. The van der Waals surface area contributed by atoms with E-state index in [1.165, 1.54) is 17.4 Å². The molecule has 5 heteroatoms. The van der Waals surface area contributed by atoms with Crippen molar-refractivity contribution < 1.29 is 14.3 Å². The number of hydrogen-bond acceptors (Lipinski definition) is 3. The second-order valence-corrected chi connectivity index (χ2v) is 7.01. The molecule has 0 saturated heterocycles. The molecule has 1 heterocycles. The molecule has 0 aliphatic heterocycles. The van der Waals surface area contributed by atoms with Gasteiger partial charge < -0.3 is 10.4 Å². The lowest BCUT2D eigenvalue weighted by molar-refractivity contribution is -0.142. The molecular formula is C18H20FNO2S. The molecular weight excluding hydrogens is 313 g/mol. The van der Waals surface area contributed by atoms with E-state index >= 15 is 0 Å². The molecule has 3 nitrogen and oxygen atoms in total.